The van der Waals surface area contributed by atoms with Crippen LogP contribution in [0.3, 0.4) is 0 Å². The molecule has 2 aliphatic rings. The van der Waals surface area contributed by atoms with E-state index in [0.717, 1.165) is 17.7 Å². The van der Waals surface area contributed by atoms with Gasteiger partial charge >= 0.3 is 0 Å². The molecule has 2 atom stereocenters. The van der Waals surface area contributed by atoms with Crippen LogP contribution in [-0.4, -0.2) is 32.0 Å². The molecule has 1 aromatic heterocycles. The van der Waals surface area contributed by atoms with Crippen LogP contribution in [0.2, 0.25) is 5.02 Å². The highest BCUT2D eigenvalue weighted by molar-refractivity contribution is 7.92. The second kappa shape index (κ2) is 11.1. The molecule has 41 heavy (non-hydrogen) atoms. The van der Waals surface area contributed by atoms with E-state index >= 15 is 0 Å². The lowest BCUT2D eigenvalue weighted by Crippen LogP contribution is -2.47. The maximum atomic E-state index is 13.4. The molecular weight excluding hydrogens is 560 g/mol. The summed E-state index contributed by atoms with van der Waals surface area (Å²) in [6, 6.07) is 26.0. The van der Waals surface area contributed by atoms with Crippen LogP contribution < -0.4 is 20.5 Å². The number of hydrogen-bond acceptors (Lipinski definition) is 5. The molecule has 4 aromatic rings. The lowest BCUT2D eigenvalue weighted by Gasteiger charge is -2.44. The normalized spacial score (nSPS) is 17.9. The van der Waals surface area contributed by atoms with Crippen molar-refractivity contribution in [2.45, 2.75) is 30.3 Å². The van der Waals surface area contributed by atoms with Crippen molar-refractivity contribution in [3.05, 3.63) is 123 Å². The quantitative estimate of drug-likeness (QED) is 0.321. The first-order chi connectivity index (χ1) is 19.8. The van der Waals surface area contributed by atoms with Gasteiger partial charge in [-0.2, -0.15) is 0 Å². The van der Waals surface area contributed by atoms with Crippen molar-refractivity contribution in [1.29, 1.82) is 0 Å². The predicted molar refractivity (Wildman–Crippen MR) is 160 cm³/mol. The van der Waals surface area contributed by atoms with Crippen molar-refractivity contribution in [2.24, 2.45) is 5.92 Å². The molecule has 0 saturated carbocycles. The summed E-state index contributed by atoms with van der Waals surface area (Å²) in [5.41, 5.74) is 3.31. The molecule has 3 heterocycles. The number of carbonyl (C=O) groups excluding carboxylic acids is 1. The van der Waals surface area contributed by atoms with Crippen molar-refractivity contribution in [3.8, 4) is 0 Å². The Balaban J connectivity index is 1.33. The van der Waals surface area contributed by atoms with E-state index < -0.39 is 10.0 Å². The van der Waals surface area contributed by atoms with Gasteiger partial charge in [-0.15, -0.1) is 0 Å². The highest BCUT2D eigenvalue weighted by atomic mass is 35.5. The third-order valence-electron chi connectivity index (χ3n) is 7.74. The minimum absolute atomic E-state index is 0.00734. The van der Waals surface area contributed by atoms with Crippen molar-refractivity contribution < 1.29 is 13.2 Å². The van der Waals surface area contributed by atoms with Gasteiger partial charge in [-0.05, 0) is 66.4 Å². The molecule has 10 heteroatoms. The standard InChI is InChI=1S/C31H29ClN4O4S/c32-25-10-12-26(13-11-25)41(39,40)34-27-16-23(31(38)33-17-21-5-2-1-3-6-21)9-14-29(27)35-18-22-15-24(20-35)28-7-4-8-30(37)36(28)19-22/h1-14,16,22,24,34H,15,17-20H2,(H,33,38). The van der Waals surface area contributed by atoms with Gasteiger partial charge in [-0.1, -0.05) is 48.0 Å². The van der Waals surface area contributed by atoms with E-state index in [2.05, 4.69) is 14.9 Å². The number of nitrogens with zero attached hydrogens (tertiary/aromatic N) is 2. The van der Waals surface area contributed by atoms with Crippen LogP contribution in [0.5, 0.6) is 0 Å². The third kappa shape index (κ3) is 5.73. The number of nitrogens with one attached hydrogen (secondary N) is 2. The van der Waals surface area contributed by atoms with E-state index in [1.54, 1.807) is 30.3 Å². The molecule has 1 amide bonds. The molecule has 2 N–H and O–H groups in total. The fourth-order valence-electron chi connectivity index (χ4n) is 5.83. The molecule has 3 aromatic carbocycles. The van der Waals surface area contributed by atoms with Crippen molar-refractivity contribution in [2.75, 3.05) is 22.7 Å². The topological polar surface area (TPSA) is 101 Å². The number of aromatic nitrogens is 1. The van der Waals surface area contributed by atoms with Gasteiger partial charge in [0.15, 0.2) is 0 Å². The Morgan fingerprint density at radius 2 is 1.68 bits per heavy atom. The molecule has 6 rings (SSSR count). The van der Waals surface area contributed by atoms with Gasteiger partial charge in [0.05, 0.1) is 16.3 Å². The number of benzene rings is 3. The fraction of sp³-hybridized carbons (Fsp3) is 0.226. The number of amides is 1. The van der Waals surface area contributed by atoms with Gasteiger partial charge in [0.2, 0.25) is 0 Å². The minimum atomic E-state index is -3.97. The number of pyridine rings is 1. The summed E-state index contributed by atoms with van der Waals surface area (Å²) in [5.74, 6) is 0.0537. The first-order valence-corrected chi connectivity index (χ1v) is 15.3. The zero-order valence-electron chi connectivity index (χ0n) is 22.2. The summed E-state index contributed by atoms with van der Waals surface area (Å²) < 4.78 is 31.4. The molecular formula is C31H29ClN4O4S. The summed E-state index contributed by atoms with van der Waals surface area (Å²) in [7, 11) is -3.97. The van der Waals surface area contributed by atoms with Crippen molar-refractivity contribution in [3.63, 3.8) is 0 Å². The Hall–Kier alpha value is -4.08. The SMILES string of the molecule is O=C(NCc1ccccc1)c1ccc(N2CC3CC(C2)c2cccc(=O)n2C3)c(NS(=O)(=O)c2ccc(Cl)cc2)c1. The predicted octanol–water partition coefficient (Wildman–Crippen LogP) is 4.86. The largest absolute Gasteiger partial charge is 0.369 e. The van der Waals surface area contributed by atoms with Crippen molar-refractivity contribution >= 4 is 38.9 Å². The van der Waals surface area contributed by atoms with Crippen LogP contribution in [0.4, 0.5) is 11.4 Å². The molecule has 1 fully saturated rings. The monoisotopic (exact) mass is 588 g/mol. The number of sulfonamides is 1. The Morgan fingerprint density at radius 3 is 2.46 bits per heavy atom. The molecule has 1 saturated heterocycles. The molecule has 2 unspecified atom stereocenters. The maximum Gasteiger partial charge on any atom is 0.261 e. The Morgan fingerprint density at radius 1 is 0.902 bits per heavy atom. The van der Waals surface area contributed by atoms with E-state index in [1.165, 1.54) is 24.3 Å². The first kappa shape index (κ1) is 27.1. The van der Waals surface area contributed by atoms with E-state index in [0.29, 0.717) is 48.1 Å². The highest BCUT2D eigenvalue weighted by Gasteiger charge is 2.35. The number of fused-ring (bicyclic) bond motifs is 4. The number of piperidine rings is 1. The zero-order valence-corrected chi connectivity index (χ0v) is 23.7. The summed E-state index contributed by atoms with van der Waals surface area (Å²) in [5, 5.41) is 3.35. The molecule has 0 spiro atoms. The summed E-state index contributed by atoms with van der Waals surface area (Å²) in [4.78, 5) is 27.8. The second-order valence-corrected chi connectivity index (χ2v) is 12.7. The van der Waals surface area contributed by atoms with Crippen LogP contribution in [-0.2, 0) is 23.1 Å². The summed E-state index contributed by atoms with van der Waals surface area (Å²) in [6.07, 6.45) is 0.964. The average Bonchev–Trinajstić information content (AvgIpc) is 2.97. The average molecular weight is 589 g/mol. The Labute approximate surface area is 243 Å². The van der Waals surface area contributed by atoms with Gasteiger partial charge in [0, 0.05) is 54.4 Å². The second-order valence-electron chi connectivity index (χ2n) is 10.6. The van der Waals surface area contributed by atoms with Crippen LogP contribution in [0, 0.1) is 5.92 Å². The molecule has 0 aliphatic carbocycles. The van der Waals surface area contributed by atoms with Crippen LogP contribution in [0.15, 0.2) is 101 Å². The fourth-order valence-corrected chi connectivity index (χ4v) is 7.02. The summed E-state index contributed by atoms with van der Waals surface area (Å²) >= 11 is 5.98. The van der Waals surface area contributed by atoms with Gasteiger partial charge in [0.1, 0.15) is 0 Å². The van der Waals surface area contributed by atoms with Gasteiger partial charge < -0.3 is 14.8 Å². The number of halogens is 1. The molecule has 8 nitrogen and oxygen atoms in total. The van der Waals surface area contributed by atoms with E-state index in [9.17, 15) is 18.0 Å². The van der Waals surface area contributed by atoms with Gasteiger partial charge in [-0.3, -0.25) is 14.3 Å². The highest BCUT2D eigenvalue weighted by Crippen LogP contribution is 2.39. The molecule has 0 radical (unpaired) electrons. The van der Waals surface area contributed by atoms with Gasteiger partial charge in [-0.25, -0.2) is 8.42 Å². The number of anilines is 2. The Kier molecular flexibility index (Phi) is 7.32. The molecule has 2 bridgehead atoms. The smallest absolute Gasteiger partial charge is 0.261 e. The number of rotatable bonds is 7. The molecule has 210 valence electrons. The zero-order chi connectivity index (χ0) is 28.6. The van der Waals surface area contributed by atoms with Crippen LogP contribution >= 0.6 is 11.6 Å². The van der Waals surface area contributed by atoms with E-state index in [1.807, 2.05) is 41.0 Å². The van der Waals surface area contributed by atoms with E-state index in [-0.39, 0.29) is 28.2 Å². The van der Waals surface area contributed by atoms with Gasteiger partial charge in [0.25, 0.3) is 21.5 Å². The molecule has 2 aliphatic heterocycles. The van der Waals surface area contributed by atoms with E-state index in [4.69, 9.17) is 11.6 Å². The van der Waals surface area contributed by atoms with Crippen molar-refractivity contribution in [1.82, 2.24) is 9.88 Å². The van der Waals surface area contributed by atoms with Crippen LogP contribution in [0.25, 0.3) is 0 Å². The number of carbonyl (C=O) groups is 1. The summed E-state index contributed by atoms with van der Waals surface area (Å²) in [6.45, 7) is 2.25. The maximum absolute atomic E-state index is 13.4. The van der Waals surface area contributed by atoms with Crippen LogP contribution in [0.1, 0.15) is 34.0 Å². The lowest BCUT2D eigenvalue weighted by molar-refractivity contribution is 0.0951. The first-order valence-electron chi connectivity index (χ1n) is 13.5. The third-order valence-corrected chi connectivity index (χ3v) is 9.38. The lowest BCUT2D eigenvalue weighted by atomic mass is 9.83. The Bertz CT molecular complexity index is 1760. The number of hydrogen-bond donors (Lipinski definition) is 2. The minimum Gasteiger partial charge on any atom is -0.369 e.